The number of fused-ring (bicyclic) bond motifs is 1. The summed E-state index contributed by atoms with van der Waals surface area (Å²) in [5, 5.41) is 10.8. The number of carbonyl (C=O) groups is 1. The number of amides is 1. The van der Waals surface area contributed by atoms with Crippen molar-refractivity contribution in [3.8, 4) is 11.5 Å². The van der Waals surface area contributed by atoms with E-state index >= 15 is 0 Å². The third-order valence-corrected chi connectivity index (χ3v) is 5.01. The van der Waals surface area contributed by atoms with Crippen molar-refractivity contribution < 1.29 is 14.6 Å². The number of hydrogen-bond acceptors (Lipinski definition) is 7. The summed E-state index contributed by atoms with van der Waals surface area (Å²) in [6, 6.07) is 14.2. The Hall–Kier alpha value is -4.59. The van der Waals surface area contributed by atoms with Gasteiger partial charge in [-0.3, -0.25) is 19.7 Å². The normalized spacial score (nSPS) is 14.8. The molecule has 0 saturated heterocycles. The number of pyridine rings is 1. The Morgan fingerprint density at radius 2 is 1.91 bits per heavy atom. The highest BCUT2D eigenvalue weighted by molar-refractivity contribution is 6.34. The smallest absolute Gasteiger partial charge is 0.282 e. The zero-order chi connectivity index (χ0) is 22.1. The number of nitrogens with zero attached hydrogens (tertiary/aromatic N) is 5. The molecule has 3 heterocycles. The maximum Gasteiger partial charge on any atom is 0.282 e. The number of carbonyl (C=O) groups excluding carboxylic acids is 1. The SMILES string of the molecule is COc1cc(/C=C2/N=C(c3cnccn3)N(c3cccc4cccnc34)C2=O)ccc1O. The second-order valence-electron chi connectivity index (χ2n) is 6.98. The van der Waals surface area contributed by atoms with Crippen LogP contribution in [-0.2, 0) is 4.79 Å². The molecule has 0 unspecified atom stereocenters. The Labute approximate surface area is 183 Å². The lowest BCUT2D eigenvalue weighted by atomic mass is 10.1. The van der Waals surface area contributed by atoms with Gasteiger partial charge in [-0.05, 0) is 35.9 Å². The minimum Gasteiger partial charge on any atom is -0.504 e. The average Bonchev–Trinajstić information content (AvgIpc) is 3.16. The minimum atomic E-state index is -0.323. The highest BCUT2D eigenvalue weighted by Gasteiger charge is 2.34. The highest BCUT2D eigenvalue weighted by Crippen LogP contribution is 2.33. The van der Waals surface area contributed by atoms with Crippen LogP contribution >= 0.6 is 0 Å². The molecule has 8 heteroatoms. The van der Waals surface area contributed by atoms with Crippen LogP contribution in [0.5, 0.6) is 11.5 Å². The second-order valence-corrected chi connectivity index (χ2v) is 6.98. The van der Waals surface area contributed by atoms with E-state index in [0.717, 1.165) is 5.39 Å². The molecule has 0 saturated carbocycles. The van der Waals surface area contributed by atoms with Crippen molar-refractivity contribution in [3.63, 3.8) is 0 Å². The van der Waals surface area contributed by atoms with E-state index in [-0.39, 0.29) is 17.4 Å². The van der Waals surface area contributed by atoms with Crippen LogP contribution in [0.2, 0.25) is 0 Å². The lowest BCUT2D eigenvalue weighted by Gasteiger charge is -2.19. The first-order valence-electron chi connectivity index (χ1n) is 9.77. The standard InChI is InChI=1S/C24H17N5O3/c1-32-21-13-15(7-8-20(21)30)12-17-24(31)29(23(28-17)18-14-25-10-11-26-18)19-6-2-4-16-5-3-9-27-22(16)19/h2-14,30H,1H3/b17-12+. The van der Waals surface area contributed by atoms with Crippen molar-refractivity contribution in [1.29, 1.82) is 0 Å². The van der Waals surface area contributed by atoms with E-state index < -0.39 is 0 Å². The first-order valence-corrected chi connectivity index (χ1v) is 9.77. The van der Waals surface area contributed by atoms with Crippen molar-refractivity contribution >= 4 is 34.4 Å². The number of benzene rings is 2. The van der Waals surface area contributed by atoms with E-state index in [2.05, 4.69) is 19.9 Å². The number of methoxy groups -OCH3 is 1. The van der Waals surface area contributed by atoms with Crippen LogP contribution in [0.25, 0.3) is 17.0 Å². The van der Waals surface area contributed by atoms with Gasteiger partial charge in [-0.1, -0.05) is 24.3 Å². The quantitative estimate of drug-likeness (QED) is 0.504. The molecule has 1 N–H and O–H groups in total. The van der Waals surface area contributed by atoms with Crippen LogP contribution < -0.4 is 9.64 Å². The number of phenols is 1. The molecule has 1 amide bonds. The monoisotopic (exact) mass is 423 g/mol. The molecule has 0 fully saturated rings. The fourth-order valence-electron chi connectivity index (χ4n) is 3.54. The molecule has 1 aliphatic rings. The number of para-hydroxylation sites is 1. The summed E-state index contributed by atoms with van der Waals surface area (Å²) in [4.78, 5) is 32.6. The summed E-state index contributed by atoms with van der Waals surface area (Å²) < 4.78 is 5.17. The summed E-state index contributed by atoms with van der Waals surface area (Å²) in [5.41, 5.74) is 2.60. The predicted octanol–water partition coefficient (Wildman–Crippen LogP) is 3.57. The fraction of sp³-hybridized carbons (Fsp3) is 0.0417. The van der Waals surface area contributed by atoms with Gasteiger partial charge in [0.2, 0.25) is 0 Å². The van der Waals surface area contributed by atoms with Gasteiger partial charge in [-0.2, -0.15) is 0 Å². The number of aromatic hydroxyl groups is 1. The first-order chi connectivity index (χ1) is 15.7. The van der Waals surface area contributed by atoms with Gasteiger partial charge in [0.25, 0.3) is 5.91 Å². The van der Waals surface area contributed by atoms with Gasteiger partial charge >= 0.3 is 0 Å². The molecule has 0 spiro atoms. The Kier molecular flexibility index (Phi) is 4.79. The van der Waals surface area contributed by atoms with Crippen LogP contribution in [0.1, 0.15) is 11.3 Å². The predicted molar refractivity (Wildman–Crippen MR) is 120 cm³/mol. The lowest BCUT2D eigenvalue weighted by Crippen LogP contribution is -2.33. The molecular formula is C24H17N5O3. The van der Waals surface area contributed by atoms with Gasteiger partial charge in [0.15, 0.2) is 17.3 Å². The number of hydrogen-bond donors (Lipinski definition) is 1. The van der Waals surface area contributed by atoms with Gasteiger partial charge < -0.3 is 9.84 Å². The van der Waals surface area contributed by atoms with E-state index in [1.807, 2.05) is 30.3 Å². The largest absolute Gasteiger partial charge is 0.504 e. The van der Waals surface area contributed by atoms with Crippen LogP contribution in [0, 0.1) is 0 Å². The third-order valence-electron chi connectivity index (χ3n) is 5.01. The fourth-order valence-corrected chi connectivity index (χ4v) is 3.54. The molecule has 4 aromatic rings. The first kappa shape index (κ1) is 19.4. The van der Waals surface area contributed by atoms with Crippen molar-refractivity contribution in [2.24, 2.45) is 4.99 Å². The summed E-state index contributed by atoms with van der Waals surface area (Å²) in [6.45, 7) is 0. The van der Waals surface area contributed by atoms with E-state index in [1.165, 1.54) is 18.1 Å². The maximum absolute atomic E-state index is 13.5. The number of anilines is 1. The maximum atomic E-state index is 13.5. The van der Waals surface area contributed by atoms with Gasteiger partial charge in [0.05, 0.1) is 24.5 Å². The zero-order valence-electron chi connectivity index (χ0n) is 17.0. The van der Waals surface area contributed by atoms with E-state index in [4.69, 9.17) is 4.74 Å². The number of phenolic OH excluding ortho intramolecular Hbond substituents is 1. The molecule has 0 bridgehead atoms. The van der Waals surface area contributed by atoms with Crippen molar-refractivity contribution in [2.75, 3.05) is 12.0 Å². The van der Waals surface area contributed by atoms with Gasteiger partial charge in [0.1, 0.15) is 11.4 Å². The molecule has 5 rings (SSSR count). The molecule has 0 aliphatic carbocycles. The highest BCUT2D eigenvalue weighted by atomic mass is 16.5. The second kappa shape index (κ2) is 7.92. The molecule has 0 atom stereocenters. The molecular weight excluding hydrogens is 406 g/mol. The molecule has 156 valence electrons. The summed E-state index contributed by atoms with van der Waals surface area (Å²) in [6.07, 6.45) is 7.99. The Morgan fingerprint density at radius 1 is 1.03 bits per heavy atom. The third kappa shape index (κ3) is 3.33. The Balaban J connectivity index is 1.67. The number of rotatable bonds is 4. The van der Waals surface area contributed by atoms with Crippen LogP contribution in [-0.4, -0.2) is 38.9 Å². The average molecular weight is 423 g/mol. The van der Waals surface area contributed by atoms with E-state index in [9.17, 15) is 9.90 Å². The minimum absolute atomic E-state index is 0.0135. The van der Waals surface area contributed by atoms with Gasteiger partial charge in [-0.25, -0.2) is 9.98 Å². The van der Waals surface area contributed by atoms with Crippen molar-refractivity contribution in [3.05, 3.63) is 90.3 Å². The van der Waals surface area contributed by atoms with Crippen molar-refractivity contribution in [1.82, 2.24) is 15.0 Å². The van der Waals surface area contributed by atoms with Crippen LogP contribution in [0.3, 0.4) is 0 Å². The van der Waals surface area contributed by atoms with Crippen molar-refractivity contribution in [2.45, 2.75) is 0 Å². The number of amidine groups is 1. The van der Waals surface area contributed by atoms with Crippen LogP contribution in [0.15, 0.2) is 84.0 Å². The summed E-state index contributed by atoms with van der Waals surface area (Å²) in [7, 11) is 1.46. The summed E-state index contributed by atoms with van der Waals surface area (Å²) >= 11 is 0. The summed E-state index contributed by atoms with van der Waals surface area (Å²) in [5.74, 6) is 0.353. The lowest BCUT2D eigenvalue weighted by molar-refractivity contribution is -0.113. The number of aromatic nitrogens is 3. The number of ether oxygens (including phenoxy) is 1. The Morgan fingerprint density at radius 3 is 2.72 bits per heavy atom. The van der Waals surface area contributed by atoms with E-state index in [0.29, 0.717) is 34.0 Å². The van der Waals surface area contributed by atoms with Gasteiger partial charge in [0, 0.05) is 24.0 Å². The molecule has 2 aromatic heterocycles. The van der Waals surface area contributed by atoms with Gasteiger partial charge in [-0.15, -0.1) is 0 Å². The topological polar surface area (TPSA) is 101 Å². The molecule has 2 aromatic carbocycles. The molecule has 32 heavy (non-hydrogen) atoms. The molecule has 8 nitrogen and oxygen atoms in total. The Bertz CT molecular complexity index is 1390. The van der Waals surface area contributed by atoms with E-state index in [1.54, 1.807) is 43.0 Å². The molecule has 1 aliphatic heterocycles. The number of aliphatic imine (C=N–C) groups is 1. The zero-order valence-corrected chi connectivity index (χ0v) is 17.0. The van der Waals surface area contributed by atoms with Crippen LogP contribution in [0.4, 0.5) is 5.69 Å². The molecule has 0 radical (unpaired) electrons.